The third-order valence-corrected chi connectivity index (χ3v) is 7.82. The molecular formula is C32H37N5O4. The number of carbonyl (C=O) groups excluding carboxylic acids is 3. The van der Waals surface area contributed by atoms with Crippen LogP contribution in [0.25, 0.3) is 0 Å². The van der Waals surface area contributed by atoms with Crippen molar-refractivity contribution in [2.45, 2.75) is 64.0 Å². The van der Waals surface area contributed by atoms with E-state index in [1.165, 1.54) is 5.56 Å². The fraction of sp³-hybridized carbons (Fsp3) is 0.375. The van der Waals surface area contributed by atoms with Crippen molar-refractivity contribution in [3.63, 3.8) is 0 Å². The van der Waals surface area contributed by atoms with Gasteiger partial charge in [0.2, 0.25) is 12.3 Å². The van der Waals surface area contributed by atoms with E-state index in [1.54, 1.807) is 17.2 Å². The predicted molar refractivity (Wildman–Crippen MR) is 155 cm³/mol. The molecule has 9 nitrogen and oxygen atoms in total. The second kappa shape index (κ2) is 13.5. The van der Waals surface area contributed by atoms with Gasteiger partial charge in [-0.1, -0.05) is 49.7 Å². The molecule has 2 aromatic carbocycles. The molecular weight excluding hydrogens is 518 g/mol. The molecule has 0 aliphatic carbocycles. The van der Waals surface area contributed by atoms with Crippen LogP contribution >= 0.6 is 0 Å². The van der Waals surface area contributed by atoms with Crippen LogP contribution in [0.4, 0.5) is 0 Å². The smallest absolute Gasteiger partial charge is 0.255 e. The summed E-state index contributed by atoms with van der Waals surface area (Å²) in [6.45, 7) is 5.51. The standard InChI is InChI=1S/C32H37N5O4/c1-2-7-29(31(39)35-22-38)37-20-25-16-26(11-12-27(25)32(37)40)41-30-21-36(19-23-8-4-3-5-9-23)15-13-28(30)34-18-24-10-6-14-33-17-24/h3-6,8-12,14,16-17,22,28-30,34H,2,7,13,15,18-21H2,1H3,(H,35,38,39). The fourth-order valence-corrected chi connectivity index (χ4v) is 5.75. The Hall–Kier alpha value is -4.08. The Bertz CT molecular complexity index is 1340. The number of nitrogens with zero attached hydrogens (tertiary/aromatic N) is 3. The summed E-state index contributed by atoms with van der Waals surface area (Å²) in [5, 5.41) is 5.90. The van der Waals surface area contributed by atoms with Gasteiger partial charge in [0.15, 0.2) is 0 Å². The number of carbonyl (C=O) groups is 3. The van der Waals surface area contributed by atoms with E-state index in [9.17, 15) is 14.4 Å². The third-order valence-electron chi connectivity index (χ3n) is 7.82. The zero-order valence-corrected chi connectivity index (χ0v) is 23.4. The zero-order valence-electron chi connectivity index (χ0n) is 23.4. The lowest BCUT2D eigenvalue weighted by Gasteiger charge is -2.39. The molecule has 5 rings (SSSR count). The highest BCUT2D eigenvalue weighted by atomic mass is 16.5. The molecule has 9 heteroatoms. The van der Waals surface area contributed by atoms with E-state index in [2.05, 4.69) is 50.8 Å². The molecule has 0 bridgehead atoms. The molecule has 41 heavy (non-hydrogen) atoms. The number of imide groups is 1. The Labute approximate surface area is 240 Å². The molecule has 3 heterocycles. The number of pyridine rings is 1. The van der Waals surface area contributed by atoms with Gasteiger partial charge in [0, 0.05) is 56.7 Å². The SMILES string of the molecule is CCCC(C(=O)NC=O)N1Cc2cc(OC3CN(Cc4ccccc4)CCC3NCc3cccnc3)ccc2C1=O. The summed E-state index contributed by atoms with van der Waals surface area (Å²) in [5.41, 5.74) is 3.78. The van der Waals surface area contributed by atoms with Crippen molar-refractivity contribution in [2.24, 2.45) is 0 Å². The maximum absolute atomic E-state index is 13.2. The first-order chi connectivity index (χ1) is 20.1. The summed E-state index contributed by atoms with van der Waals surface area (Å²) >= 11 is 0. The molecule has 0 radical (unpaired) electrons. The lowest BCUT2D eigenvalue weighted by atomic mass is 10.00. The van der Waals surface area contributed by atoms with Crippen molar-refractivity contribution in [1.82, 2.24) is 25.4 Å². The van der Waals surface area contributed by atoms with Crippen LogP contribution in [-0.4, -0.2) is 64.3 Å². The van der Waals surface area contributed by atoms with Gasteiger partial charge in [-0.25, -0.2) is 0 Å². The first kappa shape index (κ1) is 28.4. The second-order valence-electron chi connectivity index (χ2n) is 10.7. The van der Waals surface area contributed by atoms with E-state index in [-0.39, 0.29) is 18.1 Å². The lowest BCUT2D eigenvalue weighted by molar-refractivity contribution is -0.129. The van der Waals surface area contributed by atoms with E-state index in [0.717, 1.165) is 37.2 Å². The van der Waals surface area contributed by atoms with Crippen LogP contribution in [0.1, 0.15) is 53.2 Å². The lowest BCUT2D eigenvalue weighted by Crippen LogP contribution is -2.54. The number of piperidine rings is 1. The molecule has 3 amide bonds. The van der Waals surface area contributed by atoms with Crippen molar-refractivity contribution >= 4 is 18.2 Å². The number of rotatable bonds is 12. The minimum Gasteiger partial charge on any atom is -0.487 e. The highest BCUT2D eigenvalue weighted by Gasteiger charge is 2.37. The first-order valence-corrected chi connectivity index (χ1v) is 14.3. The van der Waals surface area contributed by atoms with E-state index < -0.39 is 11.9 Å². The van der Waals surface area contributed by atoms with Crippen molar-refractivity contribution in [1.29, 1.82) is 0 Å². The maximum atomic E-state index is 13.2. The molecule has 214 valence electrons. The Kier molecular flexibility index (Phi) is 9.38. The Morgan fingerprint density at radius 1 is 1.15 bits per heavy atom. The third kappa shape index (κ3) is 6.99. The summed E-state index contributed by atoms with van der Waals surface area (Å²) in [4.78, 5) is 44.8. The minimum atomic E-state index is -0.694. The van der Waals surface area contributed by atoms with Gasteiger partial charge in [-0.3, -0.25) is 29.6 Å². The quantitative estimate of drug-likeness (QED) is 0.331. The summed E-state index contributed by atoms with van der Waals surface area (Å²) in [5.74, 6) is 0.0408. The van der Waals surface area contributed by atoms with Gasteiger partial charge in [-0.15, -0.1) is 0 Å². The molecule has 2 aliphatic heterocycles. The number of benzene rings is 2. The molecule has 3 atom stereocenters. The number of nitrogens with one attached hydrogen (secondary N) is 2. The normalized spacial score (nSPS) is 19.4. The Balaban J connectivity index is 1.31. The van der Waals surface area contributed by atoms with Crippen molar-refractivity contribution in [2.75, 3.05) is 13.1 Å². The highest BCUT2D eigenvalue weighted by Crippen LogP contribution is 2.31. The molecule has 0 spiro atoms. The van der Waals surface area contributed by atoms with E-state index in [4.69, 9.17) is 4.74 Å². The number of likely N-dealkylation sites (tertiary alicyclic amines) is 1. The largest absolute Gasteiger partial charge is 0.487 e. The number of hydrogen-bond acceptors (Lipinski definition) is 7. The van der Waals surface area contributed by atoms with Gasteiger partial charge in [-0.2, -0.15) is 0 Å². The minimum absolute atomic E-state index is 0.110. The average Bonchev–Trinajstić information content (AvgIpc) is 3.31. The van der Waals surface area contributed by atoms with Crippen LogP contribution in [0.5, 0.6) is 5.75 Å². The molecule has 1 fully saturated rings. The number of amides is 3. The molecule has 1 saturated heterocycles. The Morgan fingerprint density at radius 3 is 2.73 bits per heavy atom. The van der Waals surface area contributed by atoms with Crippen LogP contribution in [0, 0.1) is 0 Å². The number of hydrogen-bond donors (Lipinski definition) is 2. The van der Waals surface area contributed by atoms with Crippen LogP contribution in [-0.2, 0) is 29.2 Å². The van der Waals surface area contributed by atoms with Gasteiger partial charge >= 0.3 is 0 Å². The van der Waals surface area contributed by atoms with Gasteiger partial charge < -0.3 is 15.0 Å². The van der Waals surface area contributed by atoms with E-state index >= 15 is 0 Å². The fourth-order valence-electron chi connectivity index (χ4n) is 5.75. The molecule has 2 N–H and O–H groups in total. The summed E-state index contributed by atoms with van der Waals surface area (Å²) < 4.78 is 6.64. The zero-order chi connectivity index (χ0) is 28.6. The average molecular weight is 556 g/mol. The molecule has 0 saturated carbocycles. The number of ether oxygens (including phenoxy) is 1. The van der Waals surface area contributed by atoms with Crippen molar-refractivity contribution in [3.8, 4) is 5.75 Å². The highest BCUT2D eigenvalue weighted by molar-refractivity contribution is 6.02. The van der Waals surface area contributed by atoms with Gasteiger partial charge in [-0.05, 0) is 53.8 Å². The summed E-state index contributed by atoms with van der Waals surface area (Å²) in [6, 6.07) is 19.4. The van der Waals surface area contributed by atoms with Gasteiger partial charge in [0.25, 0.3) is 5.91 Å². The maximum Gasteiger partial charge on any atom is 0.255 e. The summed E-state index contributed by atoms with van der Waals surface area (Å²) in [6.07, 6.45) is 6.02. The monoisotopic (exact) mass is 555 g/mol. The van der Waals surface area contributed by atoms with Gasteiger partial charge in [0.1, 0.15) is 17.9 Å². The summed E-state index contributed by atoms with van der Waals surface area (Å²) in [7, 11) is 0. The molecule has 2 aliphatic rings. The molecule has 3 aromatic rings. The van der Waals surface area contributed by atoms with Gasteiger partial charge in [0.05, 0.1) is 0 Å². The predicted octanol–water partition coefficient (Wildman–Crippen LogP) is 3.29. The van der Waals surface area contributed by atoms with Crippen LogP contribution in [0.2, 0.25) is 0 Å². The van der Waals surface area contributed by atoms with E-state index in [0.29, 0.717) is 43.7 Å². The Morgan fingerprint density at radius 2 is 1.98 bits per heavy atom. The van der Waals surface area contributed by atoms with Crippen LogP contribution in [0.15, 0.2) is 73.1 Å². The van der Waals surface area contributed by atoms with Crippen molar-refractivity contribution in [3.05, 3.63) is 95.3 Å². The van der Waals surface area contributed by atoms with Crippen LogP contribution < -0.4 is 15.4 Å². The molecule has 3 unspecified atom stereocenters. The number of aromatic nitrogens is 1. The topological polar surface area (TPSA) is 104 Å². The number of fused-ring (bicyclic) bond motifs is 1. The van der Waals surface area contributed by atoms with E-state index in [1.807, 2.05) is 37.4 Å². The van der Waals surface area contributed by atoms with Crippen molar-refractivity contribution < 1.29 is 19.1 Å². The second-order valence-corrected chi connectivity index (χ2v) is 10.7. The molecule has 1 aromatic heterocycles. The van der Waals surface area contributed by atoms with Crippen LogP contribution in [0.3, 0.4) is 0 Å². The first-order valence-electron chi connectivity index (χ1n) is 14.3.